The second-order valence-electron chi connectivity index (χ2n) is 5.25. The van der Waals surface area contributed by atoms with E-state index in [1.165, 1.54) is 0 Å². The average molecular weight is 351 g/mol. The molecular formula is C17H13BrF2O. The highest BCUT2D eigenvalue weighted by molar-refractivity contribution is 9.10. The third-order valence-electron chi connectivity index (χ3n) is 3.96. The summed E-state index contributed by atoms with van der Waals surface area (Å²) in [4.78, 5) is 12.6. The van der Waals surface area contributed by atoms with Crippen molar-refractivity contribution in [2.24, 2.45) is 0 Å². The van der Waals surface area contributed by atoms with E-state index < -0.39 is 11.6 Å². The summed E-state index contributed by atoms with van der Waals surface area (Å²) in [6, 6.07) is 9.71. The number of Topliss-reactive ketones (excluding diaryl/α,β-unsaturated/α-hetero) is 1. The zero-order chi connectivity index (χ0) is 15.0. The van der Waals surface area contributed by atoms with Crippen LogP contribution in [-0.4, -0.2) is 5.78 Å². The van der Waals surface area contributed by atoms with Gasteiger partial charge in [-0.25, -0.2) is 8.78 Å². The number of aryl methyl sites for hydroxylation is 1. The minimum absolute atomic E-state index is 0.0283. The lowest BCUT2D eigenvalue weighted by molar-refractivity contribution is 0.0946. The molecule has 0 saturated carbocycles. The van der Waals surface area contributed by atoms with Gasteiger partial charge in [0, 0.05) is 5.92 Å². The molecule has 2 aromatic rings. The summed E-state index contributed by atoms with van der Waals surface area (Å²) in [5.41, 5.74) is 1.90. The molecule has 0 fully saturated rings. The van der Waals surface area contributed by atoms with Crippen molar-refractivity contribution in [2.75, 3.05) is 0 Å². The Morgan fingerprint density at radius 1 is 1.14 bits per heavy atom. The van der Waals surface area contributed by atoms with Gasteiger partial charge in [0.2, 0.25) is 0 Å². The van der Waals surface area contributed by atoms with E-state index in [1.807, 2.05) is 24.3 Å². The third kappa shape index (κ3) is 2.64. The maximum Gasteiger partial charge on any atom is 0.173 e. The third-order valence-corrected chi connectivity index (χ3v) is 4.57. The first-order valence-electron chi connectivity index (χ1n) is 6.84. The summed E-state index contributed by atoms with van der Waals surface area (Å²) in [6.07, 6.45) is 2.48. The van der Waals surface area contributed by atoms with Crippen molar-refractivity contribution in [3.8, 4) is 0 Å². The summed E-state index contributed by atoms with van der Waals surface area (Å²) in [5, 5.41) is 0. The molecule has 0 bridgehead atoms. The molecule has 4 heteroatoms. The van der Waals surface area contributed by atoms with Crippen LogP contribution in [0.25, 0.3) is 0 Å². The Labute approximate surface area is 130 Å². The Balaban J connectivity index is 2.03. The van der Waals surface area contributed by atoms with Crippen LogP contribution in [0.4, 0.5) is 8.78 Å². The average Bonchev–Trinajstić information content (AvgIpc) is 2.49. The Kier molecular flexibility index (Phi) is 3.89. The summed E-state index contributed by atoms with van der Waals surface area (Å²) in [6.45, 7) is 0. The van der Waals surface area contributed by atoms with Gasteiger partial charge in [-0.2, -0.15) is 0 Å². The van der Waals surface area contributed by atoms with Gasteiger partial charge in [0.05, 0.1) is 10.0 Å². The Morgan fingerprint density at radius 3 is 2.71 bits per heavy atom. The van der Waals surface area contributed by atoms with Gasteiger partial charge < -0.3 is 0 Å². The molecule has 0 heterocycles. The molecule has 0 N–H and O–H groups in total. The molecule has 108 valence electrons. The van der Waals surface area contributed by atoms with Crippen molar-refractivity contribution >= 4 is 21.7 Å². The number of hydrogen-bond donors (Lipinski definition) is 0. The second kappa shape index (κ2) is 5.68. The van der Waals surface area contributed by atoms with Gasteiger partial charge in [0.1, 0.15) is 11.6 Å². The van der Waals surface area contributed by atoms with Crippen molar-refractivity contribution in [1.29, 1.82) is 0 Å². The molecular weight excluding hydrogens is 338 g/mol. The SMILES string of the molecule is O=C(c1cc(F)c(Br)cc1F)C1CCCc2ccccc21. The highest BCUT2D eigenvalue weighted by atomic mass is 79.9. The molecule has 3 rings (SSSR count). The lowest BCUT2D eigenvalue weighted by atomic mass is 9.79. The van der Waals surface area contributed by atoms with E-state index in [4.69, 9.17) is 0 Å². The van der Waals surface area contributed by atoms with Crippen LogP contribution in [0.5, 0.6) is 0 Å². The van der Waals surface area contributed by atoms with Gasteiger partial charge in [-0.1, -0.05) is 24.3 Å². The lowest BCUT2D eigenvalue weighted by Gasteiger charge is -2.24. The number of rotatable bonds is 2. The fourth-order valence-corrected chi connectivity index (χ4v) is 3.24. The van der Waals surface area contributed by atoms with Crippen molar-refractivity contribution in [1.82, 2.24) is 0 Å². The maximum absolute atomic E-state index is 14.0. The highest BCUT2D eigenvalue weighted by Gasteiger charge is 2.29. The number of carbonyl (C=O) groups is 1. The molecule has 0 radical (unpaired) electrons. The first-order valence-corrected chi connectivity index (χ1v) is 7.64. The van der Waals surface area contributed by atoms with Crippen LogP contribution in [-0.2, 0) is 6.42 Å². The number of fused-ring (bicyclic) bond motifs is 1. The minimum Gasteiger partial charge on any atom is -0.293 e. The molecule has 1 unspecified atom stereocenters. The minimum atomic E-state index is -0.684. The Morgan fingerprint density at radius 2 is 1.90 bits per heavy atom. The Bertz CT molecular complexity index is 712. The summed E-state index contributed by atoms with van der Waals surface area (Å²) >= 11 is 2.92. The van der Waals surface area contributed by atoms with Crippen molar-refractivity contribution in [3.63, 3.8) is 0 Å². The van der Waals surface area contributed by atoms with E-state index in [-0.39, 0.29) is 21.7 Å². The van der Waals surface area contributed by atoms with Crippen molar-refractivity contribution in [3.05, 3.63) is 69.2 Å². The molecule has 1 nitrogen and oxygen atoms in total. The Hall–Kier alpha value is -1.55. The van der Waals surface area contributed by atoms with E-state index in [2.05, 4.69) is 15.9 Å². The van der Waals surface area contributed by atoms with Gasteiger partial charge >= 0.3 is 0 Å². The maximum atomic E-state index is 14.0. The summed E-state index contributed by atoms with van der Waals surface area (Å²) in [5.74, 6) is -2.03. The normalized spacial score (nSPS) is 17.4. The molecule has 0 spiro atoms. The van der Waals surface area contributed by atoms with E-state index in [1.54, 1.807) is 0 Å². The molecule has 21 heavy (non-hydrogen) atoms. The molecule has 0 aliphatic heterocycles. The van der Waals surface area contributed by atoms with Gasteiger partial charge in [0.15, 0.2) is 5.78 Å². The van der Waals surface area contributed by atoms with Crippen molar-refractivity contribution in [2.45, 2.75) is 25.2 Å². The second-order valence-corrected chi connectivity index (χ2v) is 6.11. The van der Waals surface area contributed by atoms with Crippen LogP contribution in [0.15, 0.2) is 40.9 Å². The fraction of sp³-hybridized carbons (Fsp3) is 0.235. The van der Waals surface area contributed by atoms with Gasteiger partial charge in [-0.15, -0.1) is 0 Å². The van der Waals surface area contributed by atoms with Crippen LogP contribution < -0.4 is 0 Å². The van der Waals surface area contributed by atoms with Crippen LogP contribution in [0.3, 0.4) is 0 Å². The number of halogens is 3. The van der Waals surface area contributed by atoms with Crippen LogP contribution in [0.1, 0.15) is 40.2 Å². The number of hydrogen-bond acceptors (Lipinski definition) is 1. The number of ketones is 1. The van der Waals surface area contributed by atoms with Gasteiger partial charge in [-0.3, -0.25) is 4.79 Å². The van der Waals surface area contributed by atoms with Crippen molar-refractivity contribution < 1.29 is 13.6 Å². The number of carbonyl (C=O) groups excluding carboxylic acids is 1. The van der Waals surface area contributed by atoms with Gasteiger partial charge in [-0.05, 0) is 58.5 Å². The van der Waals surface area contributed by atoms with E-state index >= 15 is 0 Å². The first kappa shape index (κ1) is 14.4. The molecule has 0 saturated heterocycles. The molecule has 1 atom stereocenters. The van der Waals surface area contributed by atoms with E-state index in [9.17, 15) is 13.6 Å². The standard InChI is InChI=1S/C17H13BrF2O/c18-14-9-15(19)13(8-16(14)20)17(21)12-7-3-5-10-4-1-2-6-11(10)12/h1-2,4,6,8-9,12H,3,5,7H2. The predicted molar refractivity (Wildman–Crippen MR) is 80.5 cm³/mol. The molecule has 0 aromatic heterocycles. The zero-order valence-electron chi connectivity index (χ0n) is 11.2. The monoisotopic (exact) mass is 350 g/mol. The quantitative estimate of drug-likeness (QED) is 0.548. The van der Waals surface area contributed by atoms with Crippen LogP contribution >= 0.6 is 15.9 Å². The summed E-state index contributed by atoms with van der Waals surface area (Å²) in [7, 11) is 0. The highest BCUT2D eigenvalue weighted by Crippen LogP contribution is 2.35. The topological polar surface area (TPSA) is 17.1 Å². The number of benzene rings is 2. The zero-order valence-corrected chi connectivity index (χ0v) is 12.8. The van der Waals surface area contributed by atoms with Gasteiger partial charge in [0.25, 0.3) is 0 Å². The molecule has 1 aliphatic carbocycles. The molecule has 0 amide bonds. The smallest absolute Gasteiger partial charge is 0.173 e. The van der Waals surface area contributed by atoms with E-state index in [0.29, 0.717) is 6.42 Å². The predicted octanol–water partition coefficient (Wildman–Crippen LogP) is 5.03. The first-order chi connectivity index (χ1) is 10.1. The lowest BCUT2D eigenvalue weighted by Crippen LogP contribution is -2.20. The molecule has 1 aliphatic rings. The van der Waals surface area contributed by atoms with Crippen LogP contribution in [0.2, 0.25) is 0 Å². The molecule has 2 aromatic carbocycles. The fourth-order valence-electron chi connectivity index (χ4n) is 2.93. The largest absolute Gasteiger partial charge is 0.293 e. The van der Waals surface area contributed by atoms with E-state index in [0.717, 1.165) is 36.1 Å². The summed E-state index contributed by atoms with van der Waals surface area (Å²) < 4.78 is 27.6. The van der Waals surface area contributed by atoms with Crippen LogP contribution in [0, 0.1) is 11.6 Å².